The molecule has 1 N–H and O–H groups in total. The van der Waals surface area contributed by atoms with Crippen LogP contribution >= 0.6 is 0 Å². The molecule has 0 saturated carbocycles. The van der Waals surface area contributed by atoms with Gasteiger partial charge in [0.1, 0.15) is 0 Å². The summed E-state index contributed by atoms with van der Waals surface area (Å²) in [5.74, 6) is 0.446. The van der Waals surface area contributed by atoms with E-state index in [0.717, 1.165) is 61.2 Å². The summed E-state index contributed by atoms with van der Waals surface area (Å²) < 4.78 is 5.48. The van der Waals surface area contributed by atoms with Crippen LogP contribution in [0, 0.1) is 12.8 Å². The fourth-order valence-corrected chi connectivity index (χ4v) is 4.47. The monoisotopic (exact) mass is 386 g/mol. The third-order valence-corrected chi connectivity index (χ3v) is 6.04. The van der Waals surface area contributed by atoms with Crippen LogP contribution in [-0.2, 0) is 22.4 Å². The van der Waals surface area contributed by atoms with Crippen molar-refractivity contribution in [1.29, 1.82) is 0 Å². The normalized spacial score (nSPS) is 19.0. The molecule has 0 bridgehead atoms. The largest absolute Gasteiger partial charge is 0.380 e. The Bertz CT molecular complexity index is 729. The van der Waals surface area contributed by atoms with E-state index >= 15 is 0 Å². The number of ether oxygens (including phenoxy) is 1. The summed E-state index contributed by atoms with van der Waals surface area (Å²) in [5.41, 5.74) is 5.26. The second-order valence-electron chi connectivity index (χ2n) is 7.94. The van der Waals surface area contributed by atoms with Gasteiger partial charge in [-0.15, -0.1) is 0 Å². The third-order valence-electron chi connectivity index (χ3n) is 6.04. The number of aryl methyl sites for hydroxylation is 1. The summed E-state index contributed by atoms with van der Waals surface area (Å²) in [4.78, 5) is 27.8. The van der Waals surface area contributed by atoms with Crippen molar-refractivity contribution in [2.45, 2.75) is 59.3 Å². The molecular formula is C23H34N2O3. The van der Waals surface area contributed by atoms with E-state index < -0.39 is 0 Å². The molecule has 1 aliphatic carbocycles. The van der Waals surface area contributed by atoms with Gasteiger partial charge in [0.25, 0.3) is 0 Å². The Hall–Kier alpha value is -1.72. The molecule has 0 spiro atoms. The fraction of sp³-hybridized carbons (Fsp3) is 0.652. The van der Waals surface area contributed by atoms with Crippen molar-refractivity contribution < 1.29 is 14.3 Å². The Morgan fingerprint density at radius 2 is 2.00 bits per heavy atom. The molecule has 1 unspecified atom stereocenters. The van der Waals surface area contributed by atoms with Crippen molar-refractivity contribution in [2.75, 3.05) is 37.7 Å². The lowest BCUT2D eigenvalue weighted by atomic mass is 9.76. The lowest BCUT2D eigenvalue weighted by Gasteiger charge is -2.35. The van der Waals surface area contributed by atoms with Gasteiger partial charge in [0, 0.05) is 43.3 Å². The smallest absolute Gasteiger partial charge is 0.227 e. The van der Waals surface area contributed by atoms with Crippen LogP contribution < -0.4 is 10.2 Å². The molecule has 5 nitrogen and oxygen atoms in total. The van der Waals surface area contributed by atoms with Gasteiger partial charge >= 0.3 is 0 Å². The Morgan fingerprint density at radius 3 is 2.75 bits per heavy atom. The zero-order valence-electron chi connectivity index (χ0n) is 17.6. The number of carbonyl (C=O) groups excluding carboxylic acids is 2. The minimum Gasteiger partial charge on any atom is -0.380 e. The van der Waals surface area contributed by atoms with E-state index in [4.69, 9.17) is 4.74 Å². The fourth-order valence-electron chi connectivity index (χ4n) is 4.47. The van der Waals surface area contributed by atoms with E-state index in [1.165, 1.54) is 5.56 Å². The van der Waals surface area contributed by atoms with Gasteiger partial charge in [0.15, 0.2) is 5.78 Å². The predicted molar refractivity (Wildman–Crippen MR) is 112 cm³/mol. The predicted octanol–water partition coefficient (Wildman–Crippen LogP) is 3.45. The van der Waals surface area contributed by atoms with Crippen LogP contribution in [0.1, 0.15) is 66.6 Å². The summed E-state index contributed by atoms with van der Waals surface area (Å²) in [6, 6.07) is 2.12. The van der Waals surface area contributed by atoms with Crippen LogP contribution in [0.3, 0.4) is 0 Å². The maximum absolute atomic E-state index is 13.4. The molecule has 0 radical (unpaired) electrons. The highest BCUT2D eigenvalue weighted by atomic mass is 16.5. The lowest BCUT2D eigenvalue weighted by molar-refractivity contribution is -0.119. The number of hydrogen-bond acceptors (Lipinski definition) is 4. The maximum atomic E-state index is 13.4. The standard InChI is InChI=1S/C23H34N2O3/c1-4-6-11-24-15-17-7-8-18-16(3)14-20-19(22(18)23(17)27)9-10-21(26)25(20)12-13-28-5-2/h14,17,24H,4-13,15H2,1-3H3. The first-order valence-corrected chi connectivity index (χ1v) is 10.9. The molecule has 3 rings (SSSR count). The van der Waals surface area contributed by atoms with Crippen LogP contribution in [0.15, 0.2) is 6.07 Å². The molecule has 1 amide bonds. The van der Waals surface area contributed by atoms with Crippen molar-refractivity contribution >= 4 is 17.4 Å². The zero-order chi connectivity index (χ0) is 20.1. The molecule has 0 saturated heterocycles. The van der Waals surface area contributed by atoms with Crippen LogP contribution in [0.2, 0.25) is 0 Å². The topological polar surface area (TPSA) is 58.6 Å². The Kier molecular flexibility index (Phi) is 7.24. The lowest BCUT2D eigenvalue weighted by Crippen LogP contribution is -2.40. The summed E-state index contributed by atoms with van der Waals surface area (Å²) in [7, 11) is 0. The van der Waals surface area contributed by atoms with E-state index in [1.54, 1.807) is 0 Å². The van der Waals surface area contributed by atoms with Crippen LogP contribution in [0.4, 0.5) is 5.69 Å². The average Bonchev–Trinajstić information content (AvgIpc) is 2.68. The number of benzene rings is 1. The first kappa shape index (κ1) is 21.0. The molecule has 0 aromatic heterocycles. The minimum atomic E-state index is 0.0461. The van der Waals surface area contributed by atoms with E-state index in [9.17, 15) is 9.59 Å². The number of amides is 1. The van der Waals surface area contributed by atoms with Gasteiger partial charge in [-0.25, -0.2) is 0 Å². The van der Waals surface area contributed by atoms with Crippen molar-refractivity contribution in [3.63, 3.8) is 0 Å². The molecular weight excluding hydrogens is 352 g/mol. The molecule has 1 aliphatic heterocycles. The summed E-state index contributed by atoms with van der Waals surface area (Å²) in [6.45, 7) is 9.66. The number of nitrogens with zero attached hydrogens (tertiary/aromatic N) is 1. The number of nitrogens with one attached hydrogen (secondary N) is 1. The SMILES string of the molecule is CCCCNCC1CCc2c(C)cc3c(c2C1=O)CCC(=O)N3CCOCC. The highest BCUT2D eigenvalue weighted by Gasteiger charge is 2.35. The highest BCUT2D eigenvalue weighted by Crippen LogP contribution is 2.39. The van der Waals surface area contributed by atoms with E-state index in [0.29, 0.717) is 32.6 Å². The molecule has 154 valence electrons. The van der Waals surface area contributed by atoms with Crippen LogP contribution in [-0.4, -0.2) is 44.5 Å². The van der Waals surface area contributed by atoms with Crippen molar-refractivity contribution in [3.8, 4) is 0 Å². The quantitative estimate of drug-likeness (QED) is 0.661. The van der Waals surface area contributed by atoms with Gasteiger partial charge in [-0.2, -0.15) is 0 Å². The third kappa shape index (κ3) is 4.31. The van der Waals surface area contributed by atoms with Gasteiger partial charge < -0.3 is 15.0 Å². The number of hydrogen-bond donors (Lipinski definition) is 1. The number of rotatable bonds is 9. The number of anilines is 1. The molecule has 1 aromatic rings. The van der Waals surface area contributed by atoms with Crippen molar-refractivity contribution in [2.24, 2.45) is 5.92 Å². The van der Waals surface area contributed by atoms with Gasteiger partial charge in [0.05, 0.1) is 6.61 Å². The van der Waals surface area contributed by atoms with E-state index in [1.807, 2.05) is 11.8 Å². The molecule has 2 aliphatic rings. The molecule has 0 fully saturated rings. The van der Waals surface area contributed by atoms with Crippen LogP contribution in [0.5, 0.6) is 0 Å². The zero-order valence-corrected chi connectivity index (χ0v) is 17.6. The second kappa shape index (κ2) is 9.66. The molecule has 1 atom stereocenters. The molecule has 1 heterocycles. The van der Waals surface area contributed by atoms with E-state index in [2.05, 4.69) is 25.2 Å². The summed E-state index contributed by atoms with van der Waals surface area (Å²) >= 11 is 0. The second-order valence-corrected chi connectivity index (χ2v) is 7.94. The number of ketones is 1. The Balaban J connectivity index is 1.88. The first-order chi connectivity index (χ1) is 13.6. The summed E-state index contributed by atoms with van der Waals surface area (Å²) in [5, 5.41) is 3.46. The number of carbonyl (C=O) groups is 2. The van der Waals surface area contributed by atoms with Gasteiger partial charge in [-0.05, 0) is 68.8 Å². The Morgan fingerprint density at radius 1 is 1.18 bits per heavy atom. The summed E-state index contributed by atoms with van der Waals surface area (Å²) in [6.07, 6.45) is 5.31. The van der Waals surface area contributed by atoms with Crippen molar-refractivity contribution in [3.05, 3.63) is 28.3 Å². The van der Waals surface area contributed by atoms with Gasteiger partial charge in [0.2, 0.25) is 5.91 Å². The number of unbranched alkanes of at least 4 members (excludes halogenated alkanes) is 1. The molecule has 5 heteroatoms. The average molecular weight is 387 g/mol. The van der Waals surface area contributed by atoms with Gasteiger partial charge in [-0.3, -0.25) is 9.59 Å². The van der Waals surface area contributed by atoms with Crippen LogP contribution in [0.25, 0.3) is 0 Å². The molecule has 1 aromatic carbocycles. The number of fused-ring (bicyclic) bond motifs is 3. The van der Waals surface area contributed by atoms with Gasteiger partial charge in [-0.1, -0.05) is 13.3 Å². The maximum Gasteiger partial charge on any atom is 0.227 e. The van der Waals surface area contributed by atoms with Crippen molar-refractivity contribution in [1.82, 2.24) is 5.32 Å². The Labute approximate surface area is 168 Å². The number of Topliss-reactive ketones (excluding diaryl/α,β-unsaturated/α-hetero) is 1. The minimum absolute atomic E-state index is 0.0461. The molecule has 28 heavy (non-hydrogen) atoms. The first-order valence-electron chi connectivity index (χ1n) is 10.9. The highest BCUT2D eigenvalue weighted by molar-refractivity contribution is 6.06. The van der Waals surface area contributed by atoms with E-state index in [-0.39, 0.29) is 17.6 Å².